The van der Waals surface area contributed by atoms with E-state index < -0.39 is 0 Å². The van der Waals surface area contributed by atoms with Gasteiger partial charge < -0.3 is 9.61 Å². The van der Waals surface area contributed by atoms with Gasteiger partial charge in [-0.15, -0.1) is 0 Å². The Bertz CT molecular complexity index is 203. The SMILES string of the molecule is c1ccc2c(c1)NPO2. The Labute approximate surface area is 55.1 Å². The molecule has 0 spiro atoms. The van der Waals surface area contributed by atoms with E-state index in [2.05, 4.69) is 5.09 Å². The van der Waals surface area contributed by atoms with E-state index in [-0.39, 0.29) is 0 Å². The third-order valence-corrected chi connectivity index (χ3v) is 1.93. The number of benzene rings is 1. The maximum absolute atomic E-state index is 5.22. The van der Waals surface area contributed by atoms with Gasteiger partial charge in [-0.05, 0) is 12.1 Å². The van der Waals surface area contributed by atoms with Crippen molar-refractivity contribution in [3.05, 3.63) is 24.3 Å². The van der Waals surface area contributed by atoms with Crippen molar-refractivity contribution in [2.24, 2.45) is 0 Å². The van der Waals surface area contributed by atoms with Crippen LogP contribution in [-0.2, 0) is 0 Å². The number of hydrogen-bond acceptors (Lipinski definition) is 2. The Kier molecular flexibility index (Phi) is 1.06. The largest absolute Gasteiger partial charge is 0.454 e. The molecule has 1 N–H and O–H groups in total. The molecule has 1 aliphatic heterocycles. The fourth-order valence-corrected chi connectivity index (χ4v) is 1.45. The van der Waals surface area contributed by atoms with Gasteiger partial charge in [-0.1, -0.05) is 12.1 Å². The molecule has 0 amide bonds. The van der Waals surface area contributed by atoms with E-state index in [4.69, 9.17) is 4.52 Å². The van der Waals surface area contributed by atoms with Gasteiger partial charge >= 0.3 is 0 Å². The normalized spacial score (nSPS) is 16.4. The third kappa shape index (κ3) is 0.757. The van der Waals surface area contributed by atoms with Crippen LogP contribution in [0.1, 0.15) is 0 Å². The van der Waals surface area contributed by atoms with Crippen molar-refractivity contribution < 1.29 is 4.52 Å². The van der Waals surface area contributed by atoms with Gasteiger partial charge in [-0.25, -0.2) is 0 Å². The average molecular weight is 139 g/mol. The summed E-state index contributed by atoms with van der Waals surface area (Å²) in [6.45, 7) is 0. The third-order valence-electron chi connectivity index (χ3n) is 1.23. The van der Waals surface area contributed by atoms with Crippen molar-refractivity contribution in [2.45, 2.75) is 0 Å². The molecule has 9 heavy (non-hydrogen) atoms. The first kappa shape index (κ1) is 5.07. The molecule has 0 bridgehead atoms. The van der Waals surface area contributed by atoms with Crippen molar-refractivity contribution in [3.63, 3.8) is 0 Å². The summed E-state index contributed by atoms with van der Waals surface area (Å²) in [5, 5.41) is 3.11. The van der Waals surface area contributed by atoms with Crippen molar-refractivity contribution in [2.75, 3.05) is 5.09 Å². The van der Waals surface area contributed by atoms with Crippen LogP contribution in [-0.4, -0.2) is 0 Å². The zero-order valence-corrected chi connectivity index (χ0v) is 5.72. The Morgan fingerprint density at radius 3 is 3.11 bits per heavy atom. The molecule has 1 unspecified atom stereocenters. The highest BCUT2D eigenvalue weighted by molar-refractivity contribution is 7.35. The minimum absolute atomic E-state index is 0.396. The topological polar surface area (TPSA) is 21.3 Å². The number of nitrogens with one attached hydrogen (secondary N) is 1. The lowest BCUT2D eigenvalue weighted by atomic mass is 10.3. The molecular formula is C6H6NOP. The van der Waals surface area contributed by atoms with Gasteiger partial charge in [0, 0.05) is 0 Å². The number of rotatable bonds is 0. The van der Waals surface area contributed by atoms with Crippen molar-refractivity contribution in [1.29, 1.82) is 0 Å². The smallest absolute Gasteiger partial charge is 0.175 e. The van der Waals surface area contributed by atoms with Crippen LogP contribution in [0.25, 0.3) is 0 Å². The zero-order valence-electron chi connectivity index (χ0n) is 4.72. The standard InChI is InChI=1S/C6H6NOP/c1-2-4-6-5(3-1)7-9-8-6/h1-4,7,9H. The number of anilines is 1. The highest BCUT2D eigenvalue weighted by Crippen LogP contribution is 2.37. The molecule has 1 atom stereocenters. The Morgan fingerprint density at radius 2 is 2.22 bits per heavy atom. The fraction of sp³-hybridized carbons (Fsp3) is 0. The van der Waals surface area contributed by atoms with Gasteiger partial charge in [0.15, 0.2) is 8.96 Å². The lowest BCUT2D eigenvalue weighted by Crippen LogP contribution is -1.71. The van der Waals surface area contributed by atoms with E-state index in [1.54, 1.807) is 0 Å². The molecule has 1 heterocycles. The van der Waals surface area contributed by atoms with Crippen LogP contribution < -0.4 is 9.61 Å². The van der Waals surface area contributed by atoms with Crippen molar-refractivity contribution in [1.82, 2.24) is 0 Å². The van der Waals surface area contributed by atoms with Gasteiger partial charge in [0.1, 0.15) is 5.75 Å². The van der Waals surface area contributed by atoms with Crippen LogP contribution in [0, 0.1) is 0 Å². The van der Waals surface area contributed by atoms with E-state index in [1.165, 1.54) is 0 Å². The summed E-state index contributed by atoms with van der Waals surface area (Å²) < 4.78 is 5.22. The van der Waals surface area contributed by atoms with Crippen LogP contribution in [0.3, 0.4) is 0 Å². The highest BCUT2D eigenvalue weighted by atomic mass is 31.1. The maximum atomic E-state index is 5.22. The first-order valence-corrected chi connectivity index (χ1v) is 3.64. The van der Waals surface area contributed by atoms with Crippen LogP contribution in [0.4, 0.5) is 5.69 Å². The van der Waals surface area contributed by atoms with E-state index in [0.29, 0.717) is 8.96 Å². The first-order chi connectivity index (χ1) is 4.47. The van der Waals surface area contributed by atoms with Gasteiger partial charge in [0.05, 0.1) is 5.69 Å². The summed E-state index contributed by atoms with van der Waals surface area (Å²) in [6.07, 6.45) is 0. The quantitative estimate of drug-likeness (QED) is 0.555. The molecule has 1 aliphatic rings. The average Bonchev–Trinajstić information content (AvgIpc) is 2.33. The van der Waals surface area contributed by atoms with E-state index in [9.17, 15) is 0 Å². The first-order valence-electron chi connectivity index (χ1n) is 2.74. The van der Waals surface area contributed by atoms with Gasteiger partial charge in [-0.3, -0.25) is 0 Å². The van der Waals surface area contributed by atoms with Crippen molar-refractivity contribution in [3.8, 4) is 5.75 Å². The molecular weight excluding hydrogens is 133 g/mol. The summed E-state index contributed by atoms with van der Waals surface area (Å²) >= 11 is 0. The number of para-hydroxylation sites is 2. The molecule has 2 nitrogen and oxygen atoms in total. The van der Waals surface area contributed by atoms with Gasteiger partial charge in [-0.2, -0.15) is 0 Å². The second kappa shape index (κ2) is 1.89. The predicted octanol–water partition coefficient (Wildman–Crippen LogP) is 2.00. The minimum atomic E-state index is 0.396. The molecule has 0 radical (unpaired) electrons. The van der Waals surface area contributed by atoms with Gasteiger partial charge in [0.2, 0.25) is 0 Å². The Hall–Kier alpha value is -0.750. The predicted molar refractivity (Wildman–Crippen MR) is 39.0 cm³/mol. The summed E-state index contributed by atoms with van der Waals surface area (Å²) in [4.78, 5) is 0. The second-order valence-electron chi connectivity index (χ2n) is 1.83. The summed E-state index contributed by atoms with van der Waals surface area (Å²) in [5.41, 5.74) is 1.11. The maximum Gasteiger partial charge on any atom is 0.175 e. The lowest BCUT2D eigenvalue weighted by Gasteiger charge is -1.91. The molecule has 0 saturated heterocycles. The fourth-order valence-electron chi connectivity index (χ4n) is 0.794. The number of hydrogen-bond donors (Lipinski definition) is 1. The Balaban J connectivity index is 2.54. The summed E-state index contributed by atoms with van der Waals surface area (Å²) in [5.74, 6) is 0.968. The number of fused-ring (bicyclic) bond motifs is 1. The van der Waals surface area contributed by atoms with Gasteiger partial charge in [0.25, 0.3) is 0 Å². The van der Waals surface area contributed by atoms with E-state index in [0.717, 1.165) is 11.4 Å². The Morgan fingerprint density at radius 1 is 1.33 bits per heavy atom. The molecule has 0 fully saturated rings. The molecule has 0 aromatic heterocycles. The summed E-state index contributed by atoms with van der Waals surface area (Å²) in [6, 6.07) is 7.93. The monoisotopic (exact) mass is 139 g/mol. The molecule has 2 rings (SSSR count). The molecule has 0 aliphatic carbocycles. The van der Waals surface area contributed by atoms with Crippen LogP contribution in [0.5, 0.6) is 5.75 Å². The van der Waals surface area contributed by atoms with Crippen LogP contribution >= 0.6 is 8.96 Å². The molecule has 1 aromatic carbocycles. The van der Waals surface area contributed by atoms with Crippen LogP contribution in [0.15, 0.2) is 24.3 Å². The van der Waals surface area contributed by atoms with E-state index >= 15 is 0 Å². The van der Waals surface area contributed by atoms with E-state index in [1.807, 2.05) is 24.3 Å². The molecule has 1 aromatic rings. The molecule has 46 valence electrons. The van der Waals surface area contributed by atoms with Crippen molar-refractivity contribution >= 4 is 14.6 Å². The lowest BCUT2D eigenvalue weighted by molar-refractivity contribution is 0.652. The zero-order chi connectivity index (χ0) is 6.10. The second-order valence-corrected chi connectivity index (χ2v) is 2.48. The minimum Gasteiger partial charge on any atom is -0.454 e. The molecule has 0 saturated carbocycles. The highest BCUT2D eigenvalue weighted by Gasteiger charge is 2.07. The molecule has 3 heteroatoms. The summed E-state index contributed by atoms with van der Waals surface area (Å²) in [7, 11) is 0.396. The van der Waals surface area contributed by atoms with Crippen LogP contribution in [0.2, 0.25) is 0 Å².